The number of carbonyl (C=O) groups is 1. The lowest BCUT2D eigenvalue weighted by atomic mass is 10.1. The van der Waals surface area contributed by atoms with Crippen molar-refractivity contribution < 1.29 is 9.53 Å². The molecule has 4 nitrogen and oxygen atoms in total. The van der Waals surface area contributed by atoms with Crippen molar-refractivity contribution in [3.8, 4) is 0 Å². The molecule has 0 aromatic heterocycles. The molecule has 1 saturated heterocycles. The minimum Gasteiger partial charge on any atom is -0.378 e. The number of fused-ring (bicyclic) bond motifs is 1. The summed E-state index contributed by atoms with van der Waals surface area (Å²) in [6.07, 6.45) is 2.72. The van der Waals surface area contributed by atoms with E-state index in [1.54, 1.807) is 0 Å². The van der Waals surface area contributed by atoms with Gasteiger partial charge in [-0.1, -0.05) is 18.2 Å². The Balaban J connectivity index is 1.77. The van der Waals surface area contributed by atoms with Gasteiger partial charge in [-0.05, 0) is 24.5 Å². The first kappa shape index (κ1) is 12.6. The Morgan fingerprint density at radius 3 is 3.16 bits per heavy atom. The highest BCUT2D eigenvalue weighted by molar-refractivity contribution is 5.94. The van der Waals surface area contributed by atoms with Gasteiger partial charge in [0, 0.05) is 31.9 Å². The fraction of sp³-hybridized carbons (Fsp3) is 0.533. The quantitative estimate of drug-likeness (QED) is 0.880. The van der Waals surface area contributed by atoms with Crippen LogP contribution in [0, 0.1) is 0 Å². The van der Waals surface area contributed by atoms with E-state index in [0.29, 0.717) is 6.42 Å². The number of amides is 1. The number of carbonyl (C=O) groups excluding carboxylic acids is 1. The van der Waals surface area contributed by atoms with Crippen LogP contribution in [0.3, 0.4) is 0 Å². The molecule has 0 spiro atoms. The molecule has 0 saturated carbocycles. The summed E-state index contributed by atoms with van der Waals surface area (Å²) in [6.45, 7) is 3.21. The van der Waals surface area contributed by atoms with Crippen LogP contribution < -0.4 is 10.2 Å². The van der Waals surface area contributed by atoms with E-state index < -0.39 is 0 Å². The van der Waals surface area contributed by atoms with Crippen LogP contribution in [-0.2, 0) is 16.1 Å². The molecule has 1 atom stereocenters. The zero-order chi connectivity index (χ0) is 13.1. The van der Waals surface area contributed by atoms with Gasteiger partial charge in [-0.25, -0.2) is 0 Å². The molecule has 2 heterocycles. The van der Waals surface area contributed by atoms with E-state index in [-0.39, 0.29) is 12.0 Å². The number of para-hydroxylation sites is 1. The van der Waals surface area contributed by atoms with Crippen LogP contribution >= 0.6 is 0 Å². The fourth-order valence-corrected chi connectivity index (χ4v) is 2.83. The van der Waals surface area contributed by atoms with Crippen molar-refractivity contribution in [3.63, 3.8) is 0 Å². The smallest absolute Gasteiger partial charge is 0.229 e. The minimum atomic E-state index is 0.121. The van der Waals surface area contributed by atoms with E-state index in [1.165, 1.54) is 5.56 Å². The Bertz CT molecular complexity index is 455. The minimum absolute atomic E-state index is 0.121. The Morgan fingerprint density at radius 1 is 1.42 bits per heavy atom. The molecule has 0 bridgehead atoms. The Kier molecular flexibility index (Phi) is 3.80. The molecule has 1 N–H and O–H groups in total. The van der Waals surface area contributed by atoms with E-state index in [0.717, 1.165) is 44.8 Å². The van der Waals surface area contributed by atoms with Crippen LogP contribution in [0.4, 0.5) is 5.69 Å². The number of hydrogen-bond acceptors (Lipinski definition) is 3. The molecule has 1 aromatic rings. The zero-order valence-corrected chi connectivity index (χ0v) is 11.1. The largest absolute Gasteiger partial charge is 0.378 e. The van der Waals surface area contributed by atoms with E-state index in [4.69, 9.17) is 4.74 Å². The van der Waals surface area contributed by atoms with Crippen molar-refractivity contribution in [2.45, 2.75) is 31.9 Å². The summed E-state index contributed by atoms with van der Waals surface area (Å²) in [5.74, 6) is 0.183. The molecule has 0 aliphatic carbocycles. The lowest BCUT2D eigenvalue weighted by Crippen LogP contribution is -2.36. The third-order valence-electron chi connectivity index (χ3n) is 3.84. The second-order valence-corrected chi connectivity index (χ2v) is 5.19. The summed E-state index contributed by atoms with van der Waals surface area (Å²) >= 11 is 0. The maximum Gasteiger partial charge on any atom is 0.229 e. The number of rotatable bonds is 2. The normalized spacial score (nSPS) is 22.9. The van der Waals surface area contributed by atoms with Gasteiger partial charge in [-0.2, -0.15) is 0 Å². The number of benzene rings is 1. The fourth-order valence-electron chi connectivity index (χ4n) is 2.83. The van der Waals surface area contributed by atoms with Gasteiger partial charge in [0.1, 0.15) is 0 Å². The molecule has 3 rings (SSSR count). The Hall–Kier alpha value is -1.39. The summed E-state index contributed by atoms with van der Waals surface area (Å²) in [5, 5.41) is 3.36. The molecule has 2 aliphatic heterocycles. The van der Waals surface area contributed by atoms with Gasteiger partial charge in [-0.3, -0.25) is 4.79 Å². The standard InChI is InChI=1S/C15H20N2O2/c18-15(10-13-5-3-9-19-13)17-8-7-16-11-12-4-1-2-6-14(12)17/h1-2,4,6,13,16H,3,5,7-11H2. The van der Waals surface area contributed by atoms with Crippen LogP contribution in [0.1, 0.15) is 24.8 Å². The average Bonchev–Trinajstić information content (AvgIpc) is 2.83. The van der Waals surface area contributed by atoms with E-state index in [2.05, 4.69) is 11.4 Å². The molecule has 1 fully saturated rings. The van der Waals surface area contributed by atoms with E-state index >= 15 is 0 Å². The second-order valence-electron chi connectivity index (χ2n) is 5.19. The van der Waals surface area contributed by atoms with Crippen molar-refractivity contribution >= 4 is 11.6 Å². The predicted molar refractivity (Wildman–Crippen MR) is 74.1 cm³/mol. The van der Waals surface area contributed by atoms with Crippen molar-refractivity contribution in [1.82, 2.24) is 5.32 Å². The highest BCUT2D eigenvalue weighted by Crippen LogP contribution is 2.24. The average molecular weight is 260 g/mol. The predicted octanol–water partition coefficient (Wildman–Crippen LogP) is 1.69. The van der Waals surface area contributed by atoms with Crippen LogP contribution in [0.25, 0.3) is 0 Å². The molecule has 4 heteroatoms. The van der Waals surface area contributed by atoms with Gasteiger partial charge < -0.3 is 15.0 Å². The Labute approximate surface area is 113 Å². The molecule has 1 unspecified atom stereocenters. The summed E-state index contributed by atoms with van der Waals surface area (Å²) in [7, 11) is 0. The first-order valence-corrected chi connectivity index (χ1v) is 7.05. The third kappa shape index (κ3) is 2.80. The topological polar surface area (TPSA) is 41.6 Å². The van der Waals surface area contributed by atoms with Crippen LogP contribution in [-0.4, -0.2) is 31.7 Å². The zero-order valence-electron chi connectivity index (χ0n) is 11.1. The summed E-state index contributed by atoms with van der Waals surface area (Å²) < 4.78 is 5.57. The number of hydrogen-bond donors (Lipinski definition) is 1. The van der Waals surface area contributed by atoms with Crippen LogP contribution in [0.15, 0.2) is 24.3 Å². The molecule has 19 heavy (non-hydrogen) atoms. The van der Waals surface area contributed by atoms with Crippen LogP contribution in [0.2, 0.25) is 0 Å². The number of nitrogens with one attached hydrogen (secondary N) is 1. The van der Waals surface area contributed by atoms with Gasteiger partial charge in [0.05, 0.1) is 12.5 Å². The lowest BCUT2D eigenvalue weighted by molar-refractivity contribution is -0.120. The van der Waals surface area contributed by atoms with Crippen molar-refractivity contribution in [1.29, 1.82) is 0 Å². The molecule has 102 valence electrons. The van der Waals surface area contributed by atoms with Crippen LogP contribution in [0.5, 0.6) is 0 Å². The molecule has 1 amide bonds. The molecular weight excluding hydrogens is 240 g/mol. The van der Waals surface area contributed by atoms with E-state index in [1.807, 2.05) is 23.1 Å². The van der Waals surface area contributed by atoms with E-state index in [9.17, 15) is 4.79 Å². The van der Waals surface area contributed by atoms with Crippen molar-refractivity contribution in [3.05, 3.63) is 29.8 Å². The van der Waals surface area contributed by atoms with Gasteiger partial charge in [-0.15, -0.1) is 0 Å². The Morgan fingerprint density at radius 2 is 2.32 bits per heavy atom. The molecule has 0 radical (unpaired) electrons. The summed E-state index contributed by atoms with van der Waals surface area (Å²) in [6, 6.07) is 8.14. The number of anilines is 1. The first-order valence-electron chi connectivity index (χ1n) is 7.05. The highest BCUT2D eigenvalue weighted by atomic mass is 16.5. The number of ether oxygens (including phenoxy) is 1. The summed E-state index contributed by atoms with van der Waals surface area (Å²) in [4.78, 5) is 14.4. The maximum absolute atomic E-state index is 12.5. The third-order valence-corrected chi connectivity index (χ3v) is 3.84. The van der Waals surface area contributed by atoms with Gasteiger partial charge in [0.15, 0.2) is 0 Å². The molecular formula is C15H20N2O2. The lowest BCUT2D eigenvalue weighted by Gasteiger charge is -2.23. The number of nitrogens with zero attached hydrogens (tertiary/aromatic N) is 1. The maximum atomic E-state index is 12.5. The van der Waals surface area contributed by atoms with Gasteiger partial charge >= 0.3 is 0 Å². The highest BCUT2D eigenvalue weighted by Gasteiger charge is 2.25. The molecule has 1 aromatic carbocycles. The molecule has 2 aliphatic rings. The van der Waals surface area contributed by atoms with Gasteiger partial charge in [0.2, 0.25) is 5.91 Å². The monoisotopic (exact) mass is 260 g/mol. The first-order chi connectivity index (χ1) is 9.34. The van der Waals surface area contributed by atoms with Gasteiger partial charge in [0.25, 0.3) is 0 Å². The summed E-state index contributed by atoms with van der Waals surface area (Å²) in [5.41, 5.74) is 2.25. The second kappa shape index (κ2) is 5.72. The van der Waals surface area contributed by atoms with Crippen molar-refractivity contribution in [2.75, 3.05) is 24.6 Å². The SMILES string of the molecule is O=C(CC1CCCO1)N1CCNCc2ccccc21. The van der Waals surface area contributed by atoms with Crippen molar-refractivity contribution in [2.24, 2.45) is 0 Å².